The minimum atomic E-state index is -5.94. The number of rotatable bonds is 5. The molecule has 4 rings (SSSR count). The smallest absolute Gasteiger partial charge is 0.344 e. The normalized spacial score (nSPS) is 11.5. The van der Waals surface area contributed by atoms with Gasteiger partial charge in [0, 0.05) is 16.1 Å². The van der Waals surface area contributed by atoms with Gasteiger partial charge in [-0.25, -0.2) is 26.8 Å². The molecule has 0 unspecified atom stereocenters. The fourth-order valence-electron chi connectivity index (χ4n) is 3.46. The number of ether oxygens (including phenoxy) is 2. The maximum atomic E-state index is 14.4. The summed E-state index contributed by atoms with van der Waals surface area (Å²) in [6, 6.07) is 11.7. The summed E-state index contributed by atoms with van der Waals surface area (Å²) in [5.74, 6) is -13.9. The zero-order valence-corrected chi connectivity index (χ0v) is 25.8. The largest absolute Gasteiger partial charge is 0.744 e. The van der Waals surface area contributed by atoms with Gasteiger partial charge in [0.1, 0.15) is 20.8 Å². The van der Waals surface area contributed by atoms with Gasteiger partial charge < -0.3 is 14.0 Å². The van der Waals surface area contributed by atoms with Crippen molar-refractivity contribution >= 4 is 101 Å². The van der Waals surface area contributed by atoms with E-state index in [4.69, 9.17) is 4.74 Å². The summed E-state index contributed by atoms with van der Waals surface area (Å²) < 4.78 is 102. The Balaban J connectivity index is 1.73. The van der Waals surface area contributed by atoms with Crippen molar-refractivity contribution in [2.75, 3.05) is 0 Å². The fourth-order valence-corrected chi connectivity index (χ4v) is 6.45. The quantitative estimate of drug-likeness (QED) is 0.0559. The molecule has 0 N–H and O–H groups in total. The summed E-state index contributed by atoms with van der Waals surface area (Å²) in [6.07, 6.45) is 0. The van der Waals surface area contributed by atoms with Crippen LogP contribution in [0.1, 0.15) is 20.7 Å². The van der Waals surface area contributed by atoms with Gasteiger partial charge in [0.05, 0.1) is 11.1 Å². The summed E-state index contributed by atoms with van der Waals surface area (Å²) in [5, 5.41) is 0.293. The summed E-state index contributed by atoms with van der Waals surface area (Å²) in [4.78, 5) is 23.4. The molecule has 4 aromatic carbocycles. The average Bonchev–Trinajstić information content (AvgIpc) is 2.86. The Morgan fingerprint density at radius 2 is 1.31 bits per heavy atom. The summed E-state index contributed by atoms with van der Waals surface area (Å²) >= 11 is 6.12. The van der Waals surface area contributed by atoms with E-state index < -0.39 is 56.0 Å². The Morgan fingerprint density at radius 1 is 0.744 bits per heavy atom. The van der Waals surface area contributed by atoms with Gasteiger partial charge in [0.25, 0.3) is 0 Å². The Bertz CT molecular complexity index is 1780. The van der Waals surface area contributed by atoms with Gasteiger partial charge in [-0.2, -0.15) is 8.78 Å². The first-order valence-electron chi connectivity index (χ1n) is 10.1. The number of hydrogen-bond donors (Lipinski definition) is 0. The SMILES string of the molecule is O=C(Oc1cccc2c(C(=O)Oc3c(F)c(F)c(S(=O)(=O)[O-])c(F)c3F)cccc12)c1cc(I)cc(I)c1I. The lowest BCUT2D eigenvalue weighted by Gasteiger charge is -2.15. The highest BCUT2D eigenvalue weighted by Crippen LogP contribution is 2.34. The third kappa shape index (κ3) is 5.86. The number of esters is 2. The Kier molecular flexibility index (Phi) is 8.74. The van der Waals surface area contributed by atoms with Gasteiger partial charge >= 0.3 is 11.9 Å². The number of carbonyl (C=O) groups excluding carboxylic acids is 2. The van der Waals surface area contributed by atoms with Crippen LogP contribution in [0.25, 0.3) is 10.8 Å². The van der Waals surface area contributed by atoms with Crippen molar-refractivity contribution in [2.24, 2.45) is 0 Å². The van der Waals surface area contributed by atoms with Crippen molar-refractivity contribution < 1.29 is 49.6 Å². The third-order valence-corrected chi connectivity index (χ3v) is 9.67. The molecule has 0 aliphatic carbocycles. The van der Waals surface area contributed by atoms with Crippen LogP contribution in [0.5, 0.6) is 11.5 Å². The topological polar surface area (TPSA) is 110 Å². The van der Waals surface area contributed by atoms with Crippen molar-refractivity contribution in [1.82, 2.24) is 0 Å². The van der Waals surface area contributed by atoms with E-state index in [0.29, 0.717) is 3.57 Å². The highest BCUT2D eigenvalue weighted by molar-refractivity contribution is 14.1. The second kappa shape index (κ2) is 11.4. The van der Waals surface area contributed by atoms with Crippen LogP contribution in [0.2, 0.25) is 0 Å². The second-order valence-corrected chi connectivity index (χ2v) is 12.4. The Morgan fingerprint density at radius 3 is 1.92 bits per heavy atom. The zero-order valence-electron chi connectivity index (χ0n) is 18.5. The summed E-state index contributed by atoms with van der Waals surface area (Å²) in [6.45, 7) is 0. The molecule has 0 spiro atoms. The molecule has 0 atom stereocenters. The van der Waals surface area contributed by atoms with E-state index in [0.717, 1.165) is 7.14 Å². The molecule has 202 valence electrons. The minimum Gasteiger partial charge on any atom is -0.744 e. The first-order valence-corrected chi connectivity index (χ1v) is 14.8. The fraction of sp³-hybridized carbons (Fsp3) is 0. The monoisotopic (exact) mass is 897 g/mol. The van der Waals surface area contributed by atoms with E-state index in [-0.39, 0.29) is 27.6 Å². The van der Waals surface area contributed by atoms with Crippen LogP contribution in [0.4, 0.5) is 17.6 Å². The van der Waals surface area contributed by atoms with Crippen molar-refractivity contribution in [3.63, 3.8) is 0 Å². The van der Waals surface area contributed by atoms with Crippen LogP contribution in [-0.4, -0.2) is 24.9 Å². The molecular weight excluding hydrogens is 889 g/mol. The van der Waals surface area contributed by atoms with E-state index in [1.165, 1.54) is 36.4 Å². The van der Waals surface area contributed by atoms with Gasteiger partial charge in [0.15, 0.2) is 11.6 Å². The average molecular weight is 897 g/mol. The molecule has 0 aliphatic heterocycles. The van der Waals surface area contributed by atoms with Crippen LogP contribution in [0.15, 0.2) is 53.4 Å². The highest BCUT2D eigenvalue weighted by Gasteiger charge is 2.32. The van der Waals surface area contributed by atoms with Gasteiger partial charge in [-0.15, -0.1) is 0 Å². The number of fused-ring (bicyclic) bond motifs is 1. The lowest BCUT2D eigenvalue weighted by molar-refractivity contribution is 0.0716. The molecule has 0 saturated heterocycles. The molecule has 0 saturated carbocycles. The van der Waals surface area contributed by atoms with E-state index in [2.05, 4.69) is 27.3 Å². The van der Waals surface area contributed by atoms with E-state index in [1.807, 2.05) is 51.2 Å². The van der Waals surface area contributed by atoms with Crippen LogP contribution in [-0.2, 0) is 10.1 Å². The van der Waals surface area contributed by atoms with Crippen molar-refractivity contribution in [2.45, 2.75) is 4.90 Å². The number of hydrogen-bond acceptors (Lipinski definition) is 7. The zero-order chi connectivity index (χ0) is 28.8. The van der Waals surface area contributed by atoms with Crippen LogP contribution < -0.4 is 9.47 Å². The standard InChI is InChI=1S/C24H9F4I3O7S/c25-16-18(27)22(39(34,35)36)19(28)17(26)21(16)38-23(32)12-5-1-4-11-10(12)3-2-6-15(11)37-24(33)13-7-9(29)8-14(30)20(13)31/h1-8H,(H,34,35,36)/p-1. The van der Waals surface area contributed by atoms with Crippen LogP contribution in [0, 0.1) is 34.0 Å². The van der Waals surface area contributed by atoms with E-state index in [1.54, 1.807) is 6.07 Å². The summed E-state index contributed by atoms with van der Waals surface area (Å²) in [7, 11) is -5.94. The van der Waals surface area contributed by atoms with Gasteiger partial charge in [-0.1, -0.05) is 24.3 Å². The number of carbonyl (C=O) groups is 2. The number of halogens is 7. The predicted octanol–water partition coefficient (Wildman–Crippen LogP) is 6.55. The first-order chi connectivity index (χ1) is 18.2. The van der Waals surface area contributed by atoms with Gasteiger partial charge in [0.2, 0.25) is 17.4 Å². The maximum absolute atomic E-state index is 14.4. The first kappa shape index (κ1) is 29.9. The Labute approximate surface area is 258 Å². The minimum absolute atomic E-state index is 0.0243. The highest BCUT2D eigenvalue weighted by atomic mass is 127. The molecule has 0 fully saturated rings. The van der Waals surface area contributed by atoms with Gasteiger partial charge in [-0.3, -0.25) is 0 Å². The molecular formula is C24H8F4I3O7S-. The molecule has 39 heavy (non-hydrogen) atoms. The molecule has 0 amide bonds. The predicted molar refractivity (Wildman–Crippen MR) is 153 cm³/mol. The number of benzene rings is 4. The molecule has 7 nitrogen and oxygen atoms in total. The lowest BCUT2D eigenvalue weighted by atomic mass is 10.0. The molecule has 0 aromatic heterocycles. The van der Waals surface area contributed by atoms with Gasteiger partial charge in [-0.05, 0) is 97.4 Å². The molecule has 15 heteroatoms. The van der Waals surface area contributed by atoms with E-state index in [9.17, 15) is 40.1 Å². The molecule has 0 radical (unpaired) electrons. The molecule has 0 heterocycles. The van der Waals surface area contributed by atoms with Crippen molar-refractivity contribution in [3.05, 3.63) is 93.6 Å². The van der Waals surface area contributed by atoms with Crippen molar-refractivity contribution in [3.8, 4) is 11.5 Å². The summed E-state index contributed by atoms with van der Waals surface area (Å²) in [5.41, 5.74) is -0.0538. The van der Waals surface area contributed by atoms with Crippen LogP contribution in [0.3, 0.4) is 0 Å². The maximum Gasteiger partial charge on any atom is 0.344 e. The molecule has 0 aliphatic rings. The Hall–Kier alpha value is -2.10. The van der Waals surface area contributed by atoms with Crippen LogP contribution >= 0.6 is 67.8 Å². The van der Waals surface area contributed by atoms with E-state index >= 15 is 0 Å². The molecule has 4 aromatic rings. The lowest BCUT2D eigenvalue weighted by Crippen LogP contribution is -2.16. The third-order valence-electron chi connectivity index (χ3n) is 5.15. The van der Waals surface area contributed by atoms with Crippen molar-refractivity contribution in [1.29, 1.82) is 0 Å². The molecule has 0 bridgehead atoms. The second-order valence-electron chi connectivity index (χ2n) is 7.55.